The summed E-state index contributed by atoms with van der Waals surface area (Å²) in [6.07, 6.45) is -14.5. The second-order valence-corrected chi connectivity index (χ2v) is 13.7. The van der Waals surface area contributed by atoms with Crippen LogP contribution in [0.3, 0.4) is 0 Å². The standard InChI is InChI=1S/C30H43N5O10.Na/c1-13-32-34-25(35-33-13)15-10-8-14(9-11-15)12-31-26(40)21-16(29(2,3)4)17(36)20(39)28(44-21)45-22-18(37)19(38)24(30(5,6)7)43-23(22)27(41)42;/h8-11,16-24,28,36-39H,12H2,1-7H3,(H,31,40)(H,41,42);/q;+1/p-1/t16-,17-,18+,19?,20?,21?,22+,23?,24+,28-;/m0./s1. The fourth-order valence-corrected chi connectivity index (χ4v) is 5.70. The van der Waals surface area contributed by atoms with Gasteiger partial charge >= 0.3 is 29.6 Å². The Balaban J connectivity index is 0.00000576. The van der Waals surface area contributed by atoms with Gasteiger partial charge in [-0.2, -0.15) is 0 Å². The summed E-state index contributed by atoms with van der Waals surface area (Å²) >= 11 is 0. The second-order valence-electron chi connectivity index (χ2n) is 13.7. The molecular formula is C30H42N5NaO10. The molecule has 0 bridgehead atoms. The van der Waals surface area contributed by atoms with Gasteiger partial charge in [-0.15, -0.1) is 20.4 Å². The van der Waals surface area contributed by atoms with E-state index in [1.54, 1.807) is 72.7 Å². The molecule has 16 heteroatoms. The van der Waals surface area contributed by atoms with Gasteiger partial charge in [0.15, 0.2) is 12.1 Å². The van der Waals surface area contributed by atoms with Crippen LogP contribution in [0.1, 0.15) is 52.9 Å². The number of hydrogen-bond acceptors (Lipinski definition) is 14. The molecule has 1 aromatic heterocycles. The van der Waals surface area contributed by atoms with Crippen LogP contribution in [-0.4, -0.2) is 108 Å². The zero-order valence-electron chi connectivity index (χ0n) is 27.3. The van der Waals surface area contributed by atoms with Crippen LogP contribution in [0.5, 0.6) is 0 Å². The Hall–Kier alpha value is -2.18. The average molecular weight is 656 g/mol. The first-order valence-electron chi connectivity index (χ1n) is 14.7. The number of aryl methyl sites for hydroxylation is 1. The van der Waals surface area contributed by atoms with Crippen LogP contribution in [0.25, 0.3) is 11.4 Å². The van der Waals surface area contributed by atoms with Gasteiger partial charge in [0.1, 0.15) is 36.6 Å². The molecule has 15 nitrogen and oxygen atoms in total. The number of amides is 1. The molecule has 10 atom stereocenters. The molecule has 5 N–H and O–H groups in total. The third-order valence-electron chi connectivity index (χ3n) is 8.09. The third kappa shape index (κ3) is 8.45. The van der Waals surface area contributed by atoms with Crippen LogP contribution >= 0.6 is 0 Å². The fourth-order valence-electron chi connectivity index (χ4n) is 5.70. The van der Waals surface area contributed by atoms with Crippen LogP contribution in [0, 0.1) is 23.7 Å². The first-order chi connectivity index (χ1) is 20.9. The number of hydrogen-bond donors (Lipinski definition) is 5. The molecule has 0 saturated carbocycles. The van der Waals surface area contributed by atoms with Crippen LogP contribution in [-0.2, 0) is 30.3 Å². The maximum absolute atomic E-state index is 13.5. The molecule has 248 valence electrons. The van der Waals surface area contributed by atoms with Gasteiger partial charge in [0.05, 0.1) is 18.2 Å². The number of rotatable bonds is 7. The van der Waals surface area contributed by atoms with E-state index >= 15 is 0 Å². The van der Waals surface area contributed by atoms with Gasteiger partial charge in [-0.25, -0.2) is 0 Å². The number of aliphatic carboxylic acids is 1. The monoisotopic (exact) mass is 655 g/mol. The average Bonchev–Trinajstić information content (AvgIpc) is 2.95. The summed E-state index contributed by atoms with van der Waals surface area (Å²) < 4.78 is 17.2. The first kappa shape index (κ1) is 38.3. The summed E-state index contributed by atoms with van der Waals surface area (Å²) in [7, 11) is 0. The van der Waals surface area contributed by atoms with Crippen LogP contribution < -0.4 is 40.0 Å². The van der Waals surface area contributed by atoms with E-state index in [0.29, 0.717) is 17.2 Å². The number of aromatic nitrogens is 4. The van der Waals surface area contributed by atoms with E-state index in [1.165, 1.54) is 0 Å². The Morgan fingerprint density at radius 1 is 0.848 bits per heavy atom. The summed E-state index contributed by atoms with van der Waals surface area (Å²) in [5.41, 5.74) is -0.114. The van der Waals surface area contributed by atoms with E-state index in [2.05, 4.69) is 25.7 Å². The van der Waals surface area contributed by atoms with Crippen molar-refractivity contribution in [2.45, 2.75) is 110 Å². The molecule has 2 saturated heterocycles. The Labute approximate surface area is 289 Å². The molecule has 2 aliphatic heterocycles. The molecule has 2 aliphatic rings. The minimum absolute atomic E-state index is 0. The van der Waals surface area contributed by atoms with Crippen molar-refractivity contribution < 1.29 is 78.9 Å². The molecule has 4 unspecified atom stereocenters. The number of carbonyl (C=O) groups excluding carboxylic acids is 2. The SMILES string of the molecule is Cc1nnc(-c2ccc(CNC(=O)C3O[C@@H](O[C@H]4C(C(=O)[O-])O[C@@H](C(C)(C)C)C(O)[C@H]4O)C(O)[C@@H](O)[C@@H]3C(C)(C)C)cc2)nn1.[Na+]. The molecule has 4 rings (SSSR count). The Morgan fingerprint density at radius 2 is 1.43 bits per heavy atom. The molecule has 2 aromatic rings. The third-order valence-corrected chi connectivity index (χ3v) is 8.09. The number of carboxylic acids is 1. The number of benzene rings is 1. The van der Waals surface area contributed by atoms with Crippen molar-refractivity contribution in [1.29, 1.82) is 0 Å². The smallest absolute Gasteiger partial charge is 0.547 e. The summed E-state index contributed by atoms with van der Waals surface area (Å²) in [5.74, 6) is -2.49. The molecule has 1 aromatic carbocycles. The number of ether oxygens (including phenoxy) is 3. The van der Waals surface area contributed by atoms with E-state index in [0.717, 1.165) is 5.56 Å². The van der Waals surface area contributed by atoms with Gasteiger partial charge in [0.25, 0.3) is 0 Å². The summed E-state index contributed by atoms with van der Waals surface area (Å²) in [6, 6.07) is 7.01. The van der Waals surface area contributed by atoms with Crippen molar-refractivity contribution >= 4 is 11.9 Å². The Morgan fingerprint density at radius 3 is 1.96 bits per heavy atom. The summed E-state index contributed by atoms with van der Waals surface area (Å²) in [5, 5.41) is 74.5. The maximum atomic E-state index is 13.5. The topological polar surface area (TPSA) is 229 Å². The first-order valence-corrected chi connectivity index (χ1v) is 14.7. The van der Waals surface area contributed by atoms with E-state index in [4.69, 9.17) is 14.2 Å². The van der Waals surface area contributed by atoms with Crippen molar-refractivity contribution in [1.82, 2.24) is 25.7 Å². The number of nitrogens with zero attached hydrogens (tertiary/aromatic N) is 4. The van der Waals surface area contributed by atoms with Gasteiger partial charge in [0, 0.05) is 18.0 Å². The van der Waals surface area contributed by atoms with Crippen LogP contribution in [0.15, 0.2) is 24.3 Å². The van der Waals surface area contributed by atoms with Gasteiger partial charge in [-0.05, 0) is 23.3 Å². The van der Waals surface area contributed by atoms with Crippen molar-refractivity contribution in [3.8, 4) is 11.4 Å². The second kappa shape index (κ2) is 14.9. The van der Waals surface area contributed by atoms with Gasteiger partial charge in [-0.1, -0.05) is 65.8 Å². The zero-order valence-corrected chi connectivity index (χ0v) is 29.3. The molecule has 0 spiro atoms. The van der Waals surface area contributed by atoms with Gasteiger partial charge < -0.3 is 49.9 Å². The minimum Gasteiger partial charge on any atom is -0.547 e. The quantitative estimate of drug-likeness (QED) is 0.178. The number of aliphatic hydroxyl groups excluding tert-OH is 4. The van der Waals surface area contributed by atoms with E-state index in [1.807, 2.05) is 0 Å². The normalized spacial score (nSPS) is 31.9. The zero-order chi connectivity index (χ0) is 33.4. The van der Waals surface area contributed by atoms with Gasteiger partial charge in [0.2, 0.25) is 11.7 Å². The summed E-state index contributed by atoms with van der Waals surface area (Å²) in [6.45, 7) is 12.1. The van der Waals surface area contributed by atoms with Crippen LogP contribution in [0.2, 0.25) is 0 Å². The van der Waals surface area contributed by atoms with Crippen molar-refractivity contribution in [2.24, 2.45) is 16.7 Å². The molecule has 2 fully saturated rings. The van der Waals surface area contributed by atoms with E-state index < -0.39 is 83.7 Å². The van der Waals surface area contributed by atoms with Crippen molar-refractivity contribution in [3.63, 3.8) is 0 Å². The number of aliphatic hydroxyl groups is 4. The van der Waals surface area contributed by atoms with E-state index in [9.17, 15) is 35.1 Å². The largest absolute Gasteiger partial charge is 1.00 e. The molecule has 1 amide bonds. The van der Waals surface area contributed by atoms with E-state index in [-0.39, 0.29) is 36.1 Å². The minimum atomic E-state index is -1.85. The molecule has 46 heavy (non-hydrogen) atoms. The Bertz CT molecular complexity index is 1340. The number of carboxylic acid groups (broad SMARTS) is 1. The predicted molar refractivity (Wildman–Crippen MR) is 153 cm³/mol. The fraction of sp³-hybridized carbons (Fsp3) is 0.667. The maximum Gasteiger partial charge on any atom is 1.00 e. The van der Waals surface area contributed by atoms with Gasteiger partial charge in [-0.3, -0.25) is 4.79 Å². The van der Waals surface area contributed by atoms with Crippen molar-refractivity contribution in [3.05, 3.63) is 35.7 Å². The van der Waals surface area contributed by atoms with Crippen LogP contribution in [0.4, 0.5) is 0 Å². The Kier molecular flexibility index (Phi) is 12.4. The molecule has 0 radical (unpaired) electrons. The molecule has 3 heterocycles. The molecular weight excluding hydrogens is 613 g/mol. The predicted octanol–water partition coefficient (Wildman–Crippen LogP) is -4.36. The van der Waals surface area contributed by atoms with Crippen molar-refractivity contribution in [2.75, 3.05) is 0 Å². The number of nitrogens with one attached hydrogen (secondary N) is 1. The summed E-state index contributed by atoms with van der Waals surface area (Å²) in [4.78, 5) is 25.6. The number of carbonyl (C=O) groups is 2. The molecule has 0 aliphatic carbocycles.